The molecule has 0 saturated heterocycles. The minimum absolute atomic E-state index is 0.0427. The summed E-state index contributed by atoms with van der Waals surface area (Å²) < 4.78 is 6.60. The molecule has 0 aliphatic carbocycles. The first-order chi connectivity index (χ1) is 8.22. The van der Waals surface area contributed by atoms with E-state index in [1.54, 1.807) is 0 Å². The average molecular weight is 234 g/mol. The summed E-state index contributed by atoms with van der Waals surface area (Å²) in [5.74, 6) is 0.526. The maximum atomic E-state index is 11.4. The Kier molecular flexibility index (Phi) is 3.34. The van der Waals surface area contributed by atoms with Gasteiger partial charge in [0.05, 0.1) is 6.04 Å². The molecule has 0 bridgehead atoms. The molecule has 0 radical (unpaired) electrons. The molecule has 2 rings (SSSR count). The number of methoxy groups -OCH3 is 1. The lowest BCUT2D eigenvalue weighted by atomic mass is 10.3. The number of fused-ring (bicyclic) bond motifs is 1. The normalized spacial score (nSPS) is 12.6. The number of pyridine rings is 1. The molecule has 17 heavy (non-hydrogen) atoms. The van der Waals surface area contributed by atoms with E-state index in [1.807, 2.05) is 35.7 Å². The molecule has 1 amide bonds. The van der Waals surface area contributed by atoms with Crippen LogP contribution in [-0.2, 0) is 9.53 Å². The number of ether oxygens (including phenoxy) is 1. The SMILES string of the molecule is COCC(=O)NC(C)c1nnc2ccccn12. The number of amides is 1. The Morgan fingerprint density at radius 2 is 2.35 bits per heavy atom. The van der Waals surface area contributed by atoms with Gasteiger partial charge in [-0.1, -0.05) is 6.07 Å². The van der Waals surface area contributed by atoms with E-state index in [0.29, 0.717) is 5.82 Å². The van der Waals surface area contributed by atoms with Crippen molar-refractivity contribution in [1.29, 1.82) is 0 Å². The lowest BCUT2D eigenvalue weighted by Gasteiger charge is -2.11. The van der Waals surface area contributed by atoms with E-state index in [-0.39, 0.29) is 18.6 Å². The van der Waals surface area contributed by atoms with Crippen molar-refractivity contribution in [3.63, 3.8) is 0 Å². The third kappa shape index (κ3) is 2.42. The van der Waals surface area contributed by atoms with Crippen molar-refractivity contribution in [3.8, 4) is 0 Å². The highest BCUT2D eigenvalue weighted by molar-refractivity contribution is 5.77. The van der Waals surface area contributed by atoms with Crippen molar-refractivity contribution in [2.24, 2.45) is 0 Å². The van der Waals surface area contributed by atoms with Crippen LogP contribution in [0.2, 0.25) is 0 Å². The van der Waals surface area contributed by atoms with Gasteiger partial charge in [-0.05, 0) is 19.1 Å². The molecule has 1 unspecified atom stereocenters. The van der Waals surface area contributed by atoms with Gasteiger partial charge >= 0.3 is 0 Å². The van der Waals surface area contributed by atoms with Crippen LogP contribution < -0.4 is 5.32 Å². The first-order valence-electron chi connectivity index (χ1n) is 5.30. The summed E-state index contributed by atoms with van der Waals surface area (Å²) in [6, 6.07) is 5.43. The quantitative estimate of drug-likeness (QED) is 0.839. The Hall–Kier alpha value is -1.95. The zero-order valence-corrected chi connectivity index (χ0v) is 9.75. The second kappa shape index (κ2) is 4.92. The maximum Gasteiger partial charge on any atom is 0.246 e. The van der Waals surface area contributed by atoms with Crippen molar-refractivity contribution in [2.75, 3.05) is 13.7 Å². The number of aromatic nitrogens is 3. The summed E-state index contributed by atoms with van der Waals surface area (Å²) in [5.41, 5.74) is 0.760. The van der Waals surface area contributed by atoms with Gasteiger partial charge in [0.2, 0.25) is 5.91 Å². The van der Waals surface area contributed by atoms with Gasteiger partial charge in [-0.25, -0.2) is 0 Å². The lowest BCUT2D eigenvalue weighted by Crippen LogP contribution is -2.30. The van der Waals surface area contributed by atoms with Gasteiger partial charge in [-0.15, -0.1) is 10.2 Å². The van der Waals surface area contributed by atoms with Crippen molar-refractivity contribution in [3.05, 3.63) is 30.2 Å². The topological polar surface area (TPSA) is 68.5 Å². The zero-order chi connectivity index (χ0) is 12.3. The third-order valence-electron chi connectivity index (χ3n) is 2.38. The molecule has 1 atom stereocenters. The number of hydrogen-bond donors (Lipinski definition) is 1. The molecule has 90 valence electrons. The molecule has 1 N–H and O–H groups in total. The van der Waals surface area contributed by atoms with Crippen LogP contribution in [0.15, 0.2) is 24.4 Å². The molecule has 6 nitrogen and oxygen atoms in total. The molecule has 0 aromatic carbocycles. The van der Waals surface area contributed by atoms with Gasteiger partial charge in [0, 0.05) is 13.3 Å². The fourth-order valence-corrected chi connectivity index (χ4v) is 1.63. The number of carbonyl (C=O) groups is 1. The van der Waals surface area contributed by atoms with Crippen LogP contribution in [0.4, 0.5) is 0 Å². The van der Waals surface area contributed by atoms with E-state index >= 15 is 0 Å². The zero-order valence-electron chi connectivity index (χ0n) is 9.75. The Morgan fingerprint density at radius 3 is 3.12 bits per heavy atom. The van der Waals surface area contributed by atoms with Gasteiger partial charge < -0.3 is 10.1 Å². The van der Waals surface area contributed by atoms with Crippen LogP contribution >= 0.6 is 0 Å². The monoisotopic (exact) mass is 234 g/mol. The molecular formula is C11H14N4O2. The largest absolute Gasteiger partial charge is 0.375 e. The standard InChI is InChI=1S/C11H14N4O2/c1-8(12-10(16)7-17-2)11-14-13-9-5-3-4-6-15(9)11/h3-6,8H,7H2,1-2H3,(H,12,16). The number of nitrogens with zero attached hydrogens (tertiary/aromatic N) is 3. The molecule has 6 heteroatoms. The van der Waals surface area contributed by atoms with Crippen LogP contribution in [0.1, 0.15) is 18.8 Å². The van der Waals surface area contributed by atoms with E-state index < -0.39 is 0 Å². The lowest BCUT2D eigenvalue weighted by molar-refractivity contribution is -0.125. The van der Waals surface area contributed by atoms with Gasteiger partial charge in [0.1, 0.15) is 6.61 Å². The van der Waals surface area contributed by atoms with E-state index in [1.165, 1.54) is 7.11 Å². The molecule has 0 spiro atoms. The smallest absolute Gasteiger partial charge is 0.246 e. The van der Waals surface area contributed by atoms with Crippen molar-refractivity contribution in [2.45, 2.75) is 13.0 Å². The van der Waals surface area contributed by atoms with E-state index in [0.717, 1.165) is 5.65 Å². The number of hydrogen-bond acceptors (Lipinski definition) is 4. The Balaban J connectivity index is 2.19. The number of rotatable bonds is 4. The molecule has 0 fully saturated rings. The summed E-state index contributed by atoms with van der Waals surface area (Å²) in [4.78, 5) is 11.4. The fraction of sp³-hybridized carbons (Fsp3) is 0.364. The van der Waals surface area contributed by atoms with E-state index in [2.05, 4.69) is 15.5 Å². The van der Waals surface area contributed by atoms with Crippen LogP contribution in [0.3, 0.4) is 0 Å². The maximum absolute atomic E-state index is 11.4. The second-order valence-electron chi connectivity index (χ2n) is 3.71. The minimum atomic E-state index is -0.213. The second-order valence-corrected chi connectivity index (χ2v) is 3.71. The molecule has 2 aromatic heterocycles. The predicted molar refractivity (Wildman–Crippen MR) is 61.4 cm³/mol. The Morgan fingerprint density at radius 1 is 1.53 bits per heavy atom. The van der Waals surface area contributed by atoms with Crippen LogP contribution in [-0.4, -0.2) is 34.2 Å². The molecule has 0 saturated carbocycles. The van der Waals surface area contributed by atoms with E-state index in [4.69, 9.17) is 4.74 Å². The molecular weight excluding hydrogens is 220 g/mol. The summed E-state index contributed by atoms with van der Waals surface area (Å²) in [6.45, 7) is 1.90. The van der Waals surface area contributed by atoms with Crippen LogP contribution in [0.5, 0.6) is 0 Å². The summed E-state index contributed by atoms with van der Waals surface area (Å²) in [5, 5.41) is 10.9. The Labute approximate surface area is 98.6 Å². The predicted octanol–water partition coefficient (Wildman–Crippen LogP) is 0.553. The van der Waals surface area contributed by atoms with Crippen molar-refractivity contribution in [1.82, 2.24) is 19.9 Å². The molecule has 0 aliphatic heterocycles. The van der Waals surface area contributed by atoms with Crippen LogP contribution in [0.25, 0.3) is 5.65 Å². The first-order valence-corrected chi connectivity index (χ1v) is 5.30. The Bertz CT molecular complexity index is 523. The summed E-state index contributed by atoms with van der Waals surface area (Å²) in [7, 11) is 1.48. The number of nitrogens with one attached hydrogen (secondary N) is 1. The highest BCUT2D eigenvalue weighted by Crippen LogP contribution is 2.11. The van der Waals surface area contributed by atoms with Crippen molar-refractivity contribution >= 4 is 11.6 Å². The van der Waals surface area contributed by atoms with Crippen molar-refractivity contribution < 1.29 is 9.53 Å². The fourth-order valence-electron chi connectivity index (χ4n) is 1.63. The van der Waals surface area contributed by atoms with Gasteiger partial charge in [-0.2, -0.15) is 0 Å². The van der Waals surface area contributed by atoms with Crippen LogP contribution in [0, 0.1) is 0 Å². The highest BCUT2D eigenvalue weighted by atomic mass is 16.5. The van der Waals surface area contributed by atoms with E-state index in [9.17, 15) is 4.79 Å². The minimum Gasteiger partial charge on any atom is -0.375 e. The van der Waals surface area contributed by atoms with Gasteiger partial charge in [-0.3, -0.25) is 9.20 Å². The molecule has 2 heterocycles. The van der Waals surface area contributed by atoms with Gasteiger partial charge in [0.15, 0.2) is 11.5 Å². The number of carbonyl (C=O) groups excluding carboxylic acids is 1. The summed E-state index contributed by atoms with van der Waals surface area (Å²) in [6.07, 6.45) is 1.86. The third-order valence-corrected chi connectivity index (χ3v) is 2.38. The molecule has 0 aliphatic rings. The first kappa shape index (κ1) is 11.5. The average Bonchev–Trinajstić information content (AvgIpc) is 2.72. The van der Waals surface area contributed by atoms with Gasteiger partial charge in [0.25, 0.3) is 0 Å². The highest BCUT2D eigenvalue weighted by Gasteiger charge is 2.15. The molecule has 2 aromatic rings. The summed E-state index contributed by atoms with van der Waals surface area (Å²) >= 11 is 0.